The second kappa shape index (κ2) is 5.50. The summed E-state index contributed by atoms with van der Waals surface area (Å²) >= 11 is 0. The third-order valence-electron chi connectivity index (χ3n) is 4.17. The van der Waals surface area contributed by atoms with E-state index in [1.165, 1.54) is 0 Å². The van der Waals surface area contributed by atoms with Crippen LogP contribution >= 0.6 is 0 Å². The van der Waals surface area contributed by atoms with Crippen molar-refractivity contribution in [2.24, 2.45) is 5.73 Å². The molecule has 0 bridgehead atoms. The van der Waals surface area contributed by atoms with Gasteiger partial charge in [-0.1, -0.05) is 6.92 Å². The molecule has 1 aromatic heterocycles. The molecule has 0 radical (unpaired) electrons. The minimum Gasteiger partial charge on any atom is -0.497 e. The van der Waals surface area contributed by atoms with Crippen molar-refractivity contribution in [2.45, 2.75) is 24.8 Å². The Morgan fingerprint density at radius 2 is 2.10 bits per heavy atom. The van der Waals surface area contributed by atoms with Crippen LogP contribution in [-0.2, 0) is 4.74 Å². The van der Waals surface area contributed by atoms with Crippen molar-refractivity contribution in [1.82, 2.24) is 9.97 Å². The fourth-order valence-electron chi connectivity index (χ4n) is 2.84. The van der Waals surface area contributed by atoms with Crippen LogP contribution in [0.25, 0.3) is 11.3 Å². The Bertz CT molecular complexity index is 602. The number of hydrogen-bond acceptors (Lipinski definition) is 4. The van der Waals surface area contributed by atoms with Crippen LogP contribution in [0.15, 0.2) is 30.5 Å². The van der Waals surface area contributed by atoms with E-state index in [-0.39, 0.29) is 11.5 Å². The Balaban J connectivity index is 1.84. The van der Waals surface area contributed by atoms with Crippen LogP contribution in [0.5, 0.6) is 5.75 Å². The van der Waals surface area contributed by atoms with Gasteiger partial charge in [-0.3, -0.25) is 0 Å². The molecule has 5 heteroatoms. The largest absolute Gasteiger partial charge is 0.497 e. The average Bonchev–Trinajstić information content (AvgIpc) is 2.96. The van der Waals surface area contributed by atoms with E-state index in [2.05, 4.69) is 16.9 Å². The second-order valence-corrected chi connectivity index (χ2v) is 5.60. The summed E-state index contributed by atoms with van der Waals surface area (Å²) in [7, 11) is 1.66. The molecule has 0 aliphatic carbocycles. The third kappa shape index (κ3) is 2.54. The van der Waals surface area contributed by atoms with Gasteiger partial charge >= 0.3 is 0 Å². The second-order valence-electron chi connectivity index (χ2n) is 5.60. The van der Waals surface area contributed by atoms with Gasteiger partial charge in [0, 0.05) is 5.92 Å². The van der Waals surface area contributed by atoms with E-state index in [9.17, 15) is 0 Å². The Kier molecular flexibility index (Phi) is 3.69. The molecule has 3 N–H and O–H groups in total. The lowest BCUT2D eigenvalue weighted by atomic mass is 9.81. The highest BCUT2D eigenvalue weighted by atomic mass is 16.5. The number of H-pyrrole nitrogens is 1. The van der Waals surface area contributed by atoms with Crippen LogP contribution < -0.4 is 10.5 Å². The highest BCUT2D eigenvalue weighted by Gasteiger charge is 2.43. The van der Waals surface area contributed by atoms with Crippen molar-refractivity contribution < 1.29 is 9.47 Å². The van der Waals surface area contributed by atoms with E-state index >= 15 is 0 Å². The number of aromatic amines is 1. The van der Waals surface area contributed by atoms with Crippen molar-refractivity contribution in [2.75, 3.05) is 20.3 Å². The molecule has 2 aromatic rings. The lowest BCUT2D eigenvalue weighted by Crippen LogP contribution is -2.61. The predicted octanol–water partition coefficient (Wildman–Crippen LogP) is 2.31. The van der Waals surface area contributed by atoms with Crippen LogP contribution in [0.4, 0.5) is 0 Å². The van der Waals surface area contributed by atoms with Gasteiger partial charge in [-0.15, -0.1) is 0 Å². The molecule has 112 valence electrons. The zero-order valence-corrected chi connectivity index (χ0v) is 12.4. The van der Waals surface area contributed by atoms with Gasteiger partial charge < -0.3 is 20.2 Å². The van der Waals surface area contributed by atoms with Crippen molar-refractivity contribution in [3.63, 3.8) is 0 Å². The fraction of sp³-hybridized carbons (Fsp3) is 0.438. The zero-order chi connectivity index (χ0) is 14.9. The number of nitrogens with one attached hydrogen (secondary N) is 1. The van der Waals surface area contributed by atoms with Crippen molar-refractivity contribution in [3.05, 3.63) is 36.3 Å². The number of benzene rings is 1. The normalized spacial score (nSPS) is 18.0. The first-order valence-electron chi connectivity index (χ1n) is 7.22. The Labute approximate surface area is 124 Å². The van der Waals surface area contributed by atoms with Gasteiger partial charge in [0.05, 0.1) is 37.8 Å². The highest BCUT2D eigenvalue weighted by molar-refractivity contribution is 5.59. The maximum absolute atomic E-state index is 6.37. The number of ether oxygens (including phenoxy) is 2. The van der Waals surface area contributed by atoms with Gasteiger partial charge in [-0.2, -0.15) is 0 Å². The maximum atomic E-state index is 6.37. The van der Waals surface area contributed by atoms with E-state index < -0.39 is 0 Å². The Morgan fingerprint density at radius 3 is 2.62 bits per heavy atom. The summed E-state index contributed by atoms with van der Waals surface area (Å²) in [6.07, 6.45) is 2.80. The van der Waals surface area contributed by atoms with E-state index in [1.54, 1.807) is 7.11 Å². The summed E-state index contributed by atoms with van der Waals surface area (Å²) in [5.41, 5.74) is 8.16. The zero-order valence-electron chi connectivity index (χ0n) is 12.4. The topological polar surface area (TPSA) is 73.2 Å². The molecule has 1 aromatic carbocycles. The number of nitrogens with zero attached hydrogens (tertiary/aromatic N) is 1. The standard InChI is InChI=1S/C16H21N3O2/c1-3-13(16(17)9-21-10-16)15-18-8-14(19-15)11-4-6-12(20-2)7-5-11/h4-8,13H,3,9-10,17H2,1-2H3,(H,18,19). The minimum absolute atomic E-state index is 0.193. The molecule has 0 spiro atoms. The number of rotatable bonds is 5. The lowest BCUT2D eigenvalue weighted by molar-refractivity contribution is -0.0688. The number of imidazole rings is 1. The average molecular weight is 287 g/mol. The lowest BCUT2D eigenvalue weighted by Gasteiger charge is -2.43. The Morgan fingerprint density at radius 1 is 1.38 bits per heavy atom. The molecule has 1 aliphatic heterocycles. The van der Waals surface area contributed by atoms with Crippen LogP contribution in [0.3, 0.4) is 0 Å². The van der Waals surface area contributed by atoms with Gasteiger partial charge in [-0.05, 0) is 36.2 Å². The molecule has 1 fully saturated rings. The first-order valence-corrected chi connectivity index (χ1v) is 7.22. The quantitative estimate of drug-likeness (QED) is 0.885. The van der Waals surface area contributed by atoms with Crippen molar-refractivity contribution in [1.29, 1.82) is 0 Å². The summed E-state index contributed by atoms with van der Waals surface area (Å²) in [6, 6.07) is 7.91. The van der Waals surface area contributed by atoms with Crippen molar-refractivity contribution >= 4 is 0 Å². The highest BCUT2D eigenvalue weighted by Crippen LogP contribution is 2.34. The molecule has 0 saturated carbocycles. The van der Waals surface area contributed by atoms with E-state index in [4.69, 9.17) is 15.2 Å². The number of hydrogen-bond donors (Lipinski definition) is 2. The summed E-state index contributed by atoms with van der Waals surface area (Å²) in [6.45, 7) is 3.33. The number of nitrogens with two attached hydrogens (primary N) is 1. The maximum Gasteiger partial charge on any atom is 0.118 e. The molecule has 5 nitrogen and oxygen atoms in total. The SMILES string of the molecule is CCC(c1ncc(-c2ccc(OC)cc2)[nH]1)C1(N)COC1. The van der Waals surface area contributed by atoms with E-state index in [0.717, 1.165) is 29.3 Å². The molecular formula is C16H21N3O2. The molecule has 3 rings (SSSR count). The summed E-state index contributed by atoms with van der Waals surface area (Å²) < 4.78 is 10.5. The molecule has 0 amide bonds. The van der Waals surface area contributed by atoms with Gasteiger partial charge in [0.25, 0.3) is 0 Å². The Hall–Kier alpha value is -1.85. The van der Waals surface area contributed by atoms with Gasteiger partial charge in [0.2, 0.25) is 0 Å². The molecule has 21 heavy (non-hydrogen) atoms. The predicted molar refractivity (Wildman–Crippen MR) is 81.3 cm³/mol. The summed E-state index contributed by atoms with van der Waals surface area (Å²) in [5.74, 6) is 1.98. The summed E-state index contributed by atoms with van der Waals surface area (Å²) in [4.78, 5) is 7.94. The summed E-state index contributed by atoms with van der Waals surface area (Å²) in [5, 5.41) is 0. The first-order chi connectivity index (χ1) is 10.2. The molecule has 1 saturated heterocycles. The van der Waals surface area contributed by atoms with Gasteiger partial charge in [-0.25, -0.2) is 4.98 Å². The fourth-order valence-corrected chi connectivity index (χ4v) is 2.84. The smallest absolute Gasteiger partial charge is 0.118 e. The molecule has 1 unspecified atom stereocenters. The third-order valence-corrected chi connectivity index (χ3v) is 4.17. The van der Waals surface area contributed by atoms with Gasteiger partial charge in [0.1, 0.15) is 11.6 Å². The van der Waals surface area contributed by atoms with E-state index in [0.29, 0.717) is 13.2 Å². The van der Waals surface area contributed by atoms with Crippen LogP contribution in [0.2, 0.25) is 0 Å². The van der Waals surface area contributed by atoms with Crippen molar-refractivity contribution in [3.8, 4) is 17.0 Å². The van der Waals surface area contributed by atoms with E-state index in [1.807, 2.05) is 30.5 Å². The molecule has 1 aliphatic rings. The van der Waals surface area contributed by atoms with Crippen LogP contribution in [0, 0.1) is 0 Å². The first kappa shape index (κ1) is 14.1. The molecular weight excluding hydrogens is 266 g/mol. The molecule has 2 heterocycles. The monoisotopic (exact) mass is 287 g/mol. The molecule has 1 atom stereocenters. The number of methoxy groups -OCH3 is 1. The van der Waals surface area contributed by atoms with Crippen LogP contribution in [-0.4, -0.2) is 35.8 Å². The van der Waals surface area contributed by atoms with Gasteiger partial charge in [0.15, 0.2) is 0 Å². The minimum atomic E-state index is -0.288. The van der Waals surface area contributed by atoms with Crippen LogP contribution in [0.1, 0.15) is 25.1 Å². The number of aromatic nitrogens is 2.